The summed E-state index contributed by atoms with van der Waals surface area (Å²) in [6, 6.07) is 13.3. The molecule has 0 aliphatic carbocycles. The van der Waals surface area contributed by atoms with Crippen LogP contribution in [0, 0.1) is 11.8 Å². The highest BCUT2D eigenvalue weighted by Crippen LogP contribution is 2.46. The van der Waals surface area contributed by atoms with Crippen molar-refractivity contribution in [1.29, 1.82) is 0 Å². The molecule has 0 unspecified atom stereocenters. The molecule has 0 fully saturated rings. The molecular weight excluding hydrogens is 520 g/mol. The van der Waals surface area contributed by atoms with Gasteiger partial charge in [0.25, 0.3) is 0 Å². The molecule has 0 aliphatic heterocycles. The lowest BCUT2D eigenvalue weighted by molar-refractivity contribution is -0.169. The largest absolute Gasteiger partial charge is 0.497 e. The van der Waals surface area contributed by atoms with Crippen molar-refractivity contribution in [2.24, 2.45) is 11.8 Å². The van der Waals surface area contributed by atoms with E-state index in [1.165, 1.54) is 14.2 Å². The maximum absolute atomic E-state index is 13.4. The van der Waals surface area contributed by atoms with Gasteiger partial charge in [0.1, 0.15) is 11.5 Å². The molecule has 0 radical (unpaired) electrons. The van der Waals surface area contributed by atoms with E-state index in [1.807, 2.05) is 0 Å². The minimum atomic E-state index is -1.54. The number of hydrogen-bond acceptors (Lipinski definition) is 10. The van der Waals surface area contributed by atoms with Gasteiger partial charge in [-0.2, -0.15) is 0 Å². The smallest absolute Gasteiger partial charge is 0.320 e. The molecule has 2 atom stereocenters. The molecule has 0 amide bonds. The van der Waals surface area contributed by atoms with Gasteiger partial charge >= 0.3 is 23.9 Å². The van der Waals surface area contributed by atoms with E-state index < -0.39 is 47.5 Å². The first-order valence-electron chi connectivity index (χ1n) is 13.2. The van der Waals surface area contributed by atoms with Gasteiger partial charge in [-0.25, -0.2) is 0 Å². The van der Waals surface area contributed by atoms with Crippen LogP contribution in [0.2, 0.25) is 0 Å². The summed E-state index contributed by atoms with van der Waals surface area (Å²) in [5.74, 6) is -7.66. The van der Waals surface area contributed by atoms with E-state index in [1.54, 1.807) is 76.2 Å². The van der Waals surface area contributed by atoms with Crippen LogP contribution in [0.4, 0.5) is 0 Å². The number of rotatable bonds is 15. The van der Waals surface area contributed by atoms with Crippen molar-refractivity contribution in [2.45, 2.75) is 39.5 Å². The summed E-state index contributed by atoms with van der Waals surface area (Å²) >= 11 is 0. The number of methoxy groups -OCH3 is 2. The van der Waals surface area contributed by atoms with Crippen LogP contribution in [0.25, 0.3) is 0 Å². The molecule has 2 aromatic carbocycles. The van der Waals surface area contributed by atoms with Crippen molar-refractivity contribution in [3.05, 3.63) is 59.7 Å². The lowest BCUT2D eigenvalue weighted by atomic mass is 9.68. The Hall–Kier alpha value is -4.08. The standard InChI is InChI=1S/C30H38O10/c1-7-37-27(31)25(28(32)38-8-2)23(19-11-15-21(35-5)16-12-19)24(20-13-17-22(36-6)18-14-20)26(29(33)39-9-3)30(34)40-10-4/h11-18,23-26H,7-10H2,1-6H3/t23-,24-/m0/s1. The molecule has 10 heteroatoms. The van der Waals surface area contributed by atoms with Gasteiger partial charge < -0.3 is 28.4 Å². The molecule has 10 nitrogen and oxygen atoms in total. The Bertz CT molecular complexity index is 985. The number of carbonyl (C=O) groups is 4. The average molecular weight is 559 g/mol. The van der Waals surface area contributed by atoms with Crippen LogP contribution in [-0.2, 0) is 38.1 Å². The van der Waals surface area contributed by atoms with E-state index in [0.717, 1.165) is 0 Å². The molecule has 0 saturated heterocycles. The molecule has 0 N–H and O–H groups in total. The summed E-state index contributed by atoms with van der Waals surface area (Å²) in [4.78, 5) is 53.8. The molecule has 40 heavy (non-hydrogen) atoms. The maximum Gasteiger partial charge on any atom is 0.320 e. The third-order valence-electron chi connectivity index (χ3n) is 6.27. The summed E-state index contributed by atoms with van der Waals surface area (Å²) in [6.45, 7) is 6.44. The first kappa shape index (κ1) is 32.1. The fraction of sp³-hybridized carbons (Fsp3) is 0.467. The predicted octanol–water partition coefficient (Wildman–Crippen LogP) is 4.06. The second-order valence-corrected chi connectivity index (χ2v) is 8.56. The molecule has 2 rings (SSSR count). The van der Waals surface area contributed by atoms with Gasteiger partial charge in [-0.3, -0.25) is 19.2 Å². The van der Waals surface area contributed by atoms with Crippen LogP contribution < -0.4 is 9.47 Å². The van der Waals surface area contributed by atoms with Crippen molar-refractivity contribution < 1.29 is 47.6 Å². The number of carbonyl (C=O) groups excluding carboxylic acids is 4. The Labute approximate surface area is 234 Å². The molecule has 0 bridgehead atoms. The Morgan fingerprint density at radius 2 is 0.750 bits per heavy atom. The van der Waals surface area contributed by atoms with E-state index in [4.69, 9.17) is 28.4 Å². The molecule has 218 valence electrons. The molecule has 0 saturated carbocycles. The Balaban J connectivity index is 2.97. The minimum absolute atomic E-state index is 0.00352. The summed E-state index contributed by atoms with van der Waals surface area (Å²) in [7, 11) is 3.01. The fourth-order valence-corrected chi connectivity index (χ4v) is 4.57. The van der Waals surface area contributed by atoms with Gasteiger partial charge in [-0.1, -0.05) is 24.3 Å². The molecule has 0 aromatic heterocycles. The summed E-state index contributed by atoms with van der Waals surface area (Å²) in [5, 5.41) is 0. The minimum Gasteiger partial charge on any atom is -0.497 e. The van der Waals surface area contributed by atoms with Crippen LogP contribution in [-0.4, -0.2) is 64.5 Å². The van der Waals surface area contributed by atoms with Crippen LogP contribution in [0.1, 0.15) is 50.7 Å². The summed E-state index contributed by atoms with van der Waals surface area (Å²) < 4.78 is 31.9. The Kier molecular flexibility index (Phi) is 13.0. The highest BCUT2D eigenvalue weighted by Gasteiger charge is 2.50. The van der Waals surface area contributed by atoms with E-state index in [-0.39, 0.29) is 26.4 Å². The van der Waals surface area contributed by atoms with Gasteiger partial charge in [-0.05, 0) is 63.1 Å². The second-order valence-electron chi connectivity index (χ2n) is 8.56. The zero-order valence-electron chi connectivity index (χ0n) is 23.8. The Morgan fingerprint density at radius 1 is 0.500 bits per heavy atom. The monoisotopic (exact) mass is 558 g/mol. The number of ether oxygens (including phenoxy) is 6. The zero-order chi connectivity index (χ0) is 29.7. The number of benzene rings is 2. The van der Waals surface area contributed by atoms with Crippen molar-refractivity contribution in [3.8, 4) is 11.5 Å². The zero-order valence-corrected chi connectivity index (χ0v) is 23.8. The van der Waals surface area contributed by atoms with Gasteiger partial charge in [0, 0.05) is 11.8 Å². The van der Waals surface area contributed by atoms with Gasteiger partial charge in [0.05, 0.1) is 40.6 Å². The first-order valence-corrected chi connectivity index (χ1v) is 13.2. The molecule has 0 aliphatic rings. The quantitative estimate of drug-likeness (QED) is 0.180. The lowest BCUT2D eigenvalue weighted by Gasteiger charge is -2.35. The van der Waals surface area contributed by atoms with Crippen LogP contribution in [0.15, 0.2) is 48.5 Å². The topological polar surface area (TPSA) is 124 Å². The van der Waals surface area contributed by atoms with E-state index in [2.05, 4.69) is 0 Å². The van der Waals surface area contributed by atoms with Crippen LogP contribution in [0.5, 0.6) is 11.5 Å². The van der Waals surface area contributed by atoms with Gasteiger partial charge in [-0.15, -0.1) is 0 Å². The van der Waals surface area contributed by atoms with Crippen LogP contribution >= 0.6 is 0 Å². The van der Waals surface area contributed by atoms with Gasteiger partial charge in [0.15, 0.2) is 11.8 Å². The maximum atomic E-state index is 13.4. The van der Waals surface area contributed by atoms with Crippen molar-refractivity contribution >= 4 is 23.9 Å². The van der Waals surface area contributed by atoms with Crippen LogP contribution in [0.3, 0.4) is 0 Å². The highest BCUT2D eigenvalue weighted by atomic mass is 16.6. The first-order chi connectivity index (χ1) is 19.3. The van der Waals surface area contributed by atoms with E-state index >= 15 is 0 Å². The lowest BCUT2D eigenvalue weighted by Crippen LogP contribution is -2.42. The SMILES string of the molecule is CCOC(=O)C(C(=O)OCC)[C@@H](c1ccc(OC)cc1)[C@H](c1ccc(OC)cc1)C(C(=O)OCC)C(=O)OCC. The molecule has 2 aromatic rings. The fourth-order valence-electron chi connectivity index (χ4n) is 4.57. The summed E-state index contributed by atoms with van der Waals surface area (Å²) in [5.41, 5.74) is 0.928. The molecular formula is C30H38O10. The predicted molar refractivity (Wildman–Crippen MR) is 145 cm³/mol. The van der Waals surface area contributed by atoms with Crippen molar-refractivity contribution in [3.63, 3.8) is 0 Å². The van der Waals surface area contributed by atoms with E-state index in [9.17, 15) is 19.2 Å². The van der Waals surface area contributed by atoms with Gasteiger partial charge in [0.2, 0.25) is 0 Å². The Morgan fingerprint density at radius 3 is 0.950 bits per heavy atom. The van der Waals surface area contributed by atoms with Crippen molar-refractivity contribution in [1.82, 2.24) is 0 Å². The van der Waals surface area contributed by atoms with Crippen molar-refractivity contribution in [2.75, 3.05) is 40.6 Å². The second kappa shape index (κ2) is 16.1. The molecule has 0 heterocycles. The number of esters is 4. The normalized spacial score (nSPS) is 12.3. The third kappa shape index (κ3) is 7.97. The van der Waals surface area contributed by atoms with E-state index in [0.29, 0.717) is 22.6 Å². The number of hydrogen-bond donors (Lipinski definition) is 0. The highest BCUT2D eigenvalue weighted by molar-refractivity contribution is 5.99. The summed E-state index contributed by atoms with van der Waals surface area (Å²) in [6.07, 6.45) is 0. The average Bonchev–Trinajstić information content (AvgIpc) is 2.95. The molecule has 0 spiro atoms. The third-order valence-corrected chi connectivity index (χ3v) is 6.27.